The Hall–Kier alpha value is -0.530. The van der Waals surface area contributed by atoms with Crippen molar-refractivity contribution in [2.24, 2.45) is 0 Å². The molecule has 0 fully saturated rings. The first-order valence-electron chi connectivity index (χ1n) is 6.55. The molecule has 3 rings (SSSR count). The van der Waals surface area contributed by atoms with E-state index in [1.165, 1.54) is 21.8 Å². The molecular formula is C18H13I2S+. The van der Waals surface area contributed by atoms with E-state index >= 15 is 0 Å². The van der Waals surface area contributed by atoms with Gasteiger partial charge in [-0.1, -0.05) is 36.4 Å². The van der Waals surface area contributed by atoms with Gasteiger partial charge in [-0.3, -0.25) is 0 Å². The van der Waals surface area contributed by atoms with Crippen molar-refractivity contribution in [1.82, 2.24) is 0 Å². The van der Waals surface area contributed by atoms with Gasteiger partial charge in [-0.05, 0) is 87.6 Å². The van der Waals surface area contributed by atoms with Crippen molar-refractivity contribution in [3.05, 3.63) is 86.0 Å². The first-order valence-corrected chi connectivity index (χ1v) is 9.93. The minimum absolute atomic E-state index is 0.0453. The van der Waals surface area contributed by atoms with Crippen LogP contribution in [0.2, 0.25) is 0 Å². The van der Waals surface area contributed by atoms with Gasteiger partial charge in [0.1, 0.15) is 10.9 Å². The van der Waals surface area contributed by atoms with E-state index in [-0.39, 0.29) is 10.9 Å². The van der Waals surface area contributed by atoms with Gasteiger partial charge in [0.15, 0.2) is 14.7 Å². The van der Waals surface area contributed by atoms with Crippen LogP contribution < -0.4 is 0 Å². The van der Waals surface area contributed by atoms with E-state index in [4.69, 9.17) is 0 Å². The standard InChI is InChI=1S/C18H13I2S/c19-14-11-12-18(17(20)13-14)21(15-7-3-1-4-8-15)16-9-5-2-6-10-16/h1-13H/q+1. The quantitative estimate of drug-likeness (QED) is 0.297. The molecule has 21 heavy (non-hydrogen) atoms. The van der Waals surface area contributed by atoms with Crippen molar-refractivity contribution < 1.29 is 0 Å². The zero-order valence-electron chi connectivity index (χ0n) is 11.2. The monoisotopic (exact) mass is 515 g/mol. The smallest absolute Gasteiger partial charge is 0.0619 e. The van der Waals surface area contributed by atoms with Crippen LogP contribution >= 0.6 is 45.2 Å². The first kappa shape index (κ1) is 15.4. The van der Waals surface area contributed by atoms with E-state index in [1.54, 1.807) is 0 Å². The third-order valence-corrected chi connectivity index (χ3v) is 7.28. The fraction of sp³-hybridized carbons (Fsp3) is 0. The molecule has 0 aromatic heterocycles. The summed E-state index contributed by atoms with van der Waals surface area (Å²) in [4.78, 5) is 4.12. The van der Waals surface area contributed by atoms with E-state index < -0.39 is 0 Å². The summed E-state index contributed by atoms with van der Waals surface area (Å²) in [6.45, 7) is 0. The van der Waals surface area contributed by atoms with Crippen LogP contribution in [0.1, 0.15) is 0 Å². The first-order chi connectivity index (χ1) is 10.3. The lowest BCUT2D eigenvalue weighted by molar-refractivity contribution is 1.29. The molecule has 0 nitrogen and oxygen atoms in total. The van der Waals surface area contributed by atoms with E-state index in [0.29, 0.717) is 0 Å². The highest BCUT2D eigenvalue weighted by molar-refractivity contribution is 14.1. The third kappa shape index (κ3) is 3.63. The van der Waals surface area contributed by atoms with Crippen LogP contribution in [0.4, 0.5) is 0 Å². The molecule has 0 heterocycles. The maximum Gasteiger partial charge on any atom is 0.179 e. The Morgan fingerprint density at radius 1 is 0.619 bits per heavy atom. The molecule has 0 bridgehead atoms. The van der Waals surface area contributed by atoms with Crippen molar-refractivity contribution in [3.63, 3.8) is 0 Å². The fourth-order valence-corrected chi connectivity index (χ4v) is 6.50. The third-order valence-electron chi connectivity index (χ3n) is 3.07. The van der Waals surface area contributed by atoms with E-state index in [1.807, 2.05) is 0 Å². The molecule has 104 valence electrons. The maximum absolute atomic E-state index is 2.46. The molecule has 0 amide bonds. The summed E-state index contributed by atoms with van der Waals surface area (Å²) in [5.41, 5.74) is 0. The zero-order chi connectivity index (χ0) is 14.7. The average Bonchev–Trinajstić information content (AvgIpc) is 2.52. The van der Waals surface area contributed by atoms with Gasteiger partial charge in [-0.25, -0.2) is 0 Å². The summed E-state index contributed by atoms with van der Waals surface area (Å²) in [6.07, 6.45) is 0. The number of halogens is 2. The number of rotatable bonds is 3. The highest BCUT2D eigenvalue weighted by atomic mass is 127. The zero-order valence-corrected chi connectivity index (χ0v) is 16.3. The normalized spacial score (nSPS) is 10.8. The largest absolute Gasteiger partial charge is 0.179 e. The second-order valence-corrected chi connectivity index (χ2v) is 8.91. The van der Waals surface area contributed by atoms with Gasteiger partial charge in [0.25, 0.3) is 0 Å². The molecule has 0 aliphatic carbocycles. The predicted molar refractivity (Wildman–Crippen MR) is 107 cm³/mol. The Bertz CT molecular complexity index is 687. The Morgan fingerprint density at radius 2 is 1.14 bits per heavy atom. The second kappa shape index (κ2) is 7.15. The lowest BCUT2D eigenvalue weighted by Gasteiger charge is -2.09. The average molecular weight is 515 g/mol. The van der Waals surface area contributed by atoms with Gasteiger partial charge in [-0.15, -0.1) is 0 Å². The van der Waals surface area contributed by atoms with Gasteiger partial charge in [0, 0.05) is 3.57 Å². The SMILES string of the molecule is Ic1ccc([S+](c2ccccc2)c2ccccc2)c(I)c1. The van der Waals surface area contributed by atoms with Crippen molar-refractivity contribution in [3.8, 4) is 0 Å². The van der Waals surface area contributed by atoms with E-state index in [2.05, 4.69) is 124 Å². The highest BCUT2D eigenvalue weighted by Gasteiger charge is 2.30. The molecule has 0 aliphatic heterocycles. The topological polar surface area (TPSA) is 0 Å². The Labute approximate surface area is 155 Å². The van der Waals surface area contributed by atoms with Crippen LogP contribution in [-0.4, -0.2) is 0 Å². The fourth-order valence-electron chi connectivity index (χ4n) is 2.14. The van der Waals surface area contributed by atoms with E-state index in [0.717, 1.165) is 0 Å². The van der Waals surface area contributed by atoms with Crippen molar-refractivity contribution in [2.75, 3.05) is 0 Å². The number of benzene rings is 3. The molecule has 0 unspecified atom stereocenters. The molecular weight excluding hydrogens is 502 g/mol. The number of hydrogen-bond acceptors (Lipinski definition) is 0. The molecule has 3 heteroatoms. The van der Waals surface area contributed by atoms with Crippen molar-refractivity contribution in [1.29, 1.82) is 0 Å². The Balaban J connectivity index is 2.17. The van der Waals surface area contributed by atoms with Crippen LogP contribution in [0.3, 0.4) is 0 Å². The second-order valence-electron chi connectivity index (χ2n) is 4.51. The molecule has 3 aromatic rings. The van der Waals surface area contributed by atoms with Crippen LogP contribution in [0.15, 0.2) is 93.5 Å². The lowest BCUT2D eigenvalue weighted by atomic mass is 10.4. The predicted octanol–water partition coefficient (Wildman–Crippen LogP) is 5.99. The molecule has 0 saturated heterocycles. The van der Waals surface area contributed by atoms with Crippen molar-refractivity contribution in [2.45, 2.75) is 14.7 Å². The molecule has 3 aromatic carbocycles. The molecule has 0 spiro atoms. The molecule has 0 atom stereocenters. The molecule has 0 saturated carbocycles. The van der Waals surface area contributed by atoms with Crippen LogP contribution in [0.5, 0.6) is 0 Å². The minimum Gasteiger partial charge on any atom is -0.0619 e. The summed E-state index contributed by atoms with van der Waals surface area (Å²) >= 11 is 4.83. The number of hydrogen-bond donors (Lipinski definition) is 0. The van der Waals surface area contributed by atoms with Gasteiger partial charge in [0.2, 0.25) is 0 Å². The Kier molecular flexibility index (Phi) is 5.24. The minimum atomic E-state index is -0.0453. The van der Waals surface area contributed by atoms with Gasteiger partial charge < -0.3 is 0 Å². The summed E-state index contributed by atoms with van der Waals surface area (Å²) in [5.74, 6) is 0. The van der Waals surface area contributed by atoms with Gasteiger partial charge in [-0.2, -0.15) is 0 Å². The lowest BCUT2D eigenvalue weighted by Crippen LogP contribution is -2.06. The summed E-state index contributed by atoms with van der Waals surface area (Å²) in [6, 6.07) is 28.3. The molecule has 0 N–H and O–H groups in total. The van der Waals surface area contributed by atoms with Crippen LogP contribution in [0.25, 0.3) is 0 Å². The summed E-state index contributed by atoms with van der Waals surface area (Å²) in [7, 11) is -0.0453. The maximum atomic E-state index is 2.46. The molecule has 0 radical (unpaired) electrons. The van der Waals surface area contributed by atoms with Gasteiger partial charge in [0.05, 0.1) is 3.57 Å². The van der Waals surface area contributed by atoms with Gasteiger partial charge >= 0.3 is 0 Å². The summed E-state index contributed by atoms with van der Waals surface area (Å²) < 4.78 is 2.61. The molecule has 0 aliphatic rings. The van der Waals surface area contributed by atoms with E-state index in [9.17, 15) is 0 Å². The van der Waals surface area contributed by atoms with Crippen LogP contribution in [0, 0.1) is 7.14 Å². The Morgan fingerprint density at radius 3 is 1.62 bits per heavy atom. The summed E-state index contributed by atoms with van der Waals surface area (Å²) in [5, 5.41) is 0. The van der Waals surface area contributed by atoms with Crippen molar-refractivity contribution >= 4 is 56.1 Å². The van der Waals surface area contributed by atoms with Crippen LogP contribution in [-0.2, 0) is 10.9 Å². The highest BCUT2D eigenvalue weighted by Crippen LogP contribution is 2.34.